The normalized spacial score (nSPS) is 28.6. The fourth-order valence-corrected chi connectivity index (χ4v) is 3.26. The largest absolute Gasteiger partial charge is 0.469 e. The maximum absolute atomic E-state index is 12.3. The Morgan fingerprint density at radius 3 is 2.30 bits per heavy atom. The Hall–Kier alpha value is -1.06. The molecular weight excluding hydrogens is 256 g/mol. The highest BCUT2D eigenvalue weighted by Crippen LogP contribution is 2.40. The number of carbonyl (C=O) groups excluding carboxylic acids is 2. The van der Waals surface area contributed by atoms with E-state index in [0.717, 1.165) is 19.3 Å². The van der Waals surface area contributed by atoms with Crippen LogP contribution in [0.1, 0.15) is 53.9 Å². The minimum Gasteiger partial charge on any atom is -0.469 e. The van der Waals surface area contributed by atoms with E-state index < -0.39 is 5.60 Å². The summed E-state index contributed by atoms with van der Waals surface area (Å²) in [6.45, 7) is 9.57. The van der Waals surface area contributed by atoms with Crippen molar-refractivity contribution in [2.75, 3.05) is 7.11 Å². The summed E-state index contributed by atoms with van der Waals surface area (Å²) in [5.41, 5.74) is -0.496. The van der Waals surface area contributed by atoms with E-state index >= 15 is 0 Å². The molecule has 0 aromatic heterocycles. The molecule has 0 amide bonds. The molecule has 4 heteroatoms. The smallest absolute Gasteiger partial charge is 0.309 e. The van der Waals surface area contributed by atoms with Crippen LogP contribution in [0.3, 0.4) is 0 Å². The van der Waals surface area contributed by atoms with Crippen molar-refractivity contribution in [3.05, 3.63) is 0 Å². The van der Waals surface area contributed by atoms with Gasteiger partial charge in [0.05, 0.1) is 18.9 Å². The zero-order valence-electron chi connectivity index (χ0n) is 13.6. The van der Waals surface area contributed by atoms with Crippen molar-refractivity contribution in [1.82, 2.24) is 0 Å². The molecule has 0 aromatic rings. The summed E-state index contributed by atoms with van der Waals surface area (Å²) < 4.78 is 10.4. The third kappa shape index (κ3) is 4.22. The lowest BCUT2D eigenvalue weighted by Gasteiger charge is -2.38. The molecule has 0 heterocycles. The highest BCUT2D eigenvalue weighted by Gasteiger charge is 2.42. The van der Waals surface area contributed by atoms with Gasteiger partial charge in [0.1, 0.15) is 5.60 Å². The summed E-state index contributed by atoms with van der Waals surface area (Å²) in [4.78, 5) is 24.2. The summed E-state index contributed by atoms with van der Waals surface area (Å²) in [5, 5.41) is 0. The molecule has 1 rings (SSSR count). The Balaban J connectivity index is 2.87. The molecule has 4 nitrogen and oxygen atoms in total. The minimum atomic E-state index is -0.496. The molecule has 0 aliphatic heterocycles. The number of esters is 2. The molecule has 1 aliphatic rings. The Labute approximate surface area is 122 Å². The van der Waals surface area contributed by atoms with E-state index in [2.05, 4.69) is 6.92 Å². The molecule has 116 valence electrons. The average Bonchev–Trinajstić information content (AvgIpc) is 2.34. The Kier molecular flexibility index (Phi) is 5.60. The van der Waals surface area contributed by atoms with Gasteiger partial charge in [0.25, 0.3) is 0 Å². The third-order valence-electron chi connectivity index (χ3n) is 4.16. The van der Waals surface area contributed by atoms with Crippen molar-refractivity contribution in [3.63, 3.8) is 0 Å². The standard InChI is InChI=1S/C16H28O4/c1-10-8-7-9-12(15(18)19-6)13(10)11(2)14(17)20-16(3,4)5/h10-13H,7-9H2,1-6H3/t10-,11-,12+,13-/m0/s1. The van der Waals surface area contributed by atoms with Crippen molar-refractivity contribution < 1.29 is 19.1 Å². The Morgan fingerprint density at radius 1 is 1.20 bits per heavy atom. The molecule has 0 unspecified atom stereocenters. The number of carbonyl (C=O) groups is 2. The maximum Gasteiger partial charge on any atom is 0.309 e. The molecule has 4 atom stereocenters. The summed E-state index contributed by atoms with van der Waals surface area (Å²) in [6, 6.07) is 0. The molecule has 0 saturated heterocycles. The van der Waals surface area contributed by atoms with Crippen molar-refractivity contribution >= 4 is 11.9 Å². The highest BCUT2D eigenvalue weighted by atomic mass is 16.6. The van der Waals surface area contributed by atoms with Crippen LogP contribution in [0.2, 0.25) is 0 Å². The van der Waals surface area contributed by atoms with Gasteiger partial charge >= 0.3 is 11.9 Å². The van der Waals surface area contributed by atoms with E-state index in [1.54, 1.807) is 0 Å². The first-order valence-corrected chi connectivity index (χ1v) is 7.48. The zero-order valence-corrected chi connectivity index (χ0v) is 13.6. The van der Waals surface area contributed by atoms with E-state index in [1.165, 1.54) is 7.11 Å². The van der Waals surface area contributed by atoms with Crippen molar-refractivity contribution in [3.8, 4) is 0 Å². The van der Waals surface area contributed by atoms with E-state index in [4.69, 9.17) is 9.47 Å². The van der Waals surface area contributed by atoms with Crippen molar-refractivity contribution in [2.24, 2.45) is 23.7 Å². The van der Waals surface area contributed by atoms with Crippen molar-refractivity contribution in [1.29, 1.82) is 0 Å². The van der Waals surface area contributed by atoms with Crippen LogP contribution in [0.4, 0.5) is 0 Å². The monoisotopic (exact) mass is 284 g/mol. The summed E-state index contributed by atoms with van der Waals surface area (Å²) in [6.07, 6.45) is 2.86. The first-order chi connectivity index (χ1) is 9.17. The summed E-state index contributed by atoms with van der Waals surface area (Å²) in [7, 11) is 1.41. The van der Waals surface area contributed by atoms with E-state index in [0.29, 0.717) is 5.92 Å². The molecular formula is C16H28O4. The number of hydrogen-bond donors (Lipinski definition) is 0. The van der Waals surface area contributed by atoms with Crippen LogP contribution in [0.15, 0.2) is 0 Å². The zero-order chi connectivity index (χ0) is 15.5. The van der Waals surface area contributed by atoms with Crippen LogP contribution < -0.4 is 0 Å². The molecule has 0 radical (unpaired) electrons. The minimum absolute atomic E-state index is 0.00560. The van der Waals surface area contributed by atoms with E-state index in [-0.39, 0.29) is 29.7 Å². The lowest BCUT2D eigenvalue weighted by Crippen LogP contribution is -2.41. The highest BCUT2D eigenvalue weighted by molar-refractivity contribution is 5.77. The van der Waals surface area contributed by atoms with Gasteiger partial charge in [-0.25, -0.2) is 0 Å². The molecule has 1 fully saturated rings. The number of ether oxygens (including phenoxy) is 2. The van der Waals surface area contributed by atoms with E-state index in [9.17, 15) is 9.59 Å². The fraction of sp³-hybridized carbons (Fsp3) is 0.875. The first-order valence-electron chi connectivity index (χ1n) is 7.48. The second-order valence-corrected chi connectivity index (χ2v) is 6.94. The van der Waals surface area contributed by atoms with E-state index in [1.807, 2.05) is 27.7 Å². The van der Waals surface area contributed by atoms with Gasteiger partial charge in [-0.05, 0) is 39.0 Å². The van der Waals surface area contributed by atoms with Gasteiger partial charge in [-0.15, -0.1) is 0 Å². The van der Waals surface area contributed by atoms with Crippen LogP contribution in [-0.2, 0) is 19.1 Å². The summed E-state index contributed by atoms with van der Waals surface area (Å²) in [5.74, 6) is -0.552. The van der Waals surface area contributed by atoms with Crippen LogP contribution in [-0.4, -0.2) is 24.6 Å². The first kappa shape index (κ1) is 17.0. The summed E-state index contributed by atoms with van der Waals surface area (Å²) >= 11 is 0. The number of methoxy groups -OCH3 is 1. The van der Waals surface area contributed by atoms with Gasteiger partial charge in [0.2, 0.25) is 0 Å². The van der Waals surface area contributed by atoms with Crippen LogP contribution >= 0.6 is 0 Å². The van der Waals surface area contributed by atoms with Gasteiger partial charge in [0.15, 0.2) is 0 Å². The van der Waals surface area contributed by atoms with Crippen LogP contribution in [0.5, 0.6) is 0 Å². The van der Waals surface area contributed by atoms with Gasteiger partial charge < -0.3 is 9.47 Å². The molecule has 0 aromatic carbocycles. The fourth-order valence-electron chi connectivity index (χ4n) is 3.26. The average molecular weight is 284 g/mol. The molecule has 0 N–H and O–H groups in total. The number of hydrogen-bond acceptors (Lipinski definition) is 4. The maximum atomic E-state index is 12.3. The van der Waals surface area contributed by atoms with Gasteiger partial charge in [-0.1, -0.05) is 26.7 Å². The van der Waals surface area contributed by atoms with Gasteiger partial charge in [-0.3, -0.25) is 9.59 Å². The van der Waals surface area contributed by atoms with Gasteiger partial charge in [-0.2, -0.15) is 0 Å². The Bertz CT molecular complexity index is 356. The topological polar surface area (TPSA) is 52.6 Å². The third-order valence-corrected chi connectivity index (χ3v) is 4.16. The molecule has 1 aliphatic carbocycles. The predicted octanol–water partition coefficient (Wildman–Crippen LogP) is 3.19. The SMILES string of the molecule is COC(=O)[C@@H]1CCC[C@H](C)[C@H]1[C@H](C)C(=O)OC(C)(C)C. The quantitative estimate of drug-likeness (QED) is 0.747. The Morgan fingerprint density at radius 2 is 1.80 bits per heavy atom. The predicted molar refractivity (Wildman–Crippen MR) is 77.0 cm³/mol. The van der Waals surface area contributed by atoms with Crippen molar-refractivity contribution in [2.45, 2.75) is 59.5 Å². The molecule has 1 saturated carbocycles. The van der Waals surface area contributed by atoms with Crippen LogP contribution in [0, 0.1) is 23.7 Å². The second kappa shape index (κ2) is 6.59. The lowest BCUT2D eigenvalue weighted by molar-refractivity contribution is -0.166. The van der Waals surface area contributed by atoms with Crippen LogP contribution in [0.25, 0.3) is 0 Å². The second-order valence-electron chi connectivity index (χ2n) is 6.94. The van der Waals surface area contributed by atoms with Gasteiger partial charge in [0, 0.05) is 0 Å². The molecule has 0 spiro atoms. The number of rotatable bonds is 3. The lowest BCUT2D eigenvalue weighted by atomic mass is 9.67. The molecule has 0 bridgehead atoms. The molecule has 20 heavy (non-hydrogen) atoms.